The third-order valence-corrected chi connectivity index (χ3v) is 4.86. The van der Waals surface area contributed by atoms with E-state index in [0.717, 1.165) is 32.5 Å². The van der Waals surface area contributed by atoms with E-state index in [9.17, 15) is 19.5 Å². The van der Waals surface area contributed by atoms with Crippen molar-refractivity contribution >= 4 is 17.8 Å². The van der Waals surface area contributed by atoms with E-state index in [-0.39, 0.29) is 29.1 Å². The van der Waals surface area contributed by atoms with Gasteiger partial charge in [0.05, 0.1) is 7.11 Å². The van der Waals surface area contributed by atoms with Gasteiger partial charge >= 0.3 is 11.9 Å². The van der Waals surface area contributed by atoms with E-state index in [1.54, 1.807) is 0 Å². The number of carboxylic acids is 2. The average molecular weight is 457 g/mol. The second-order valence-electron chi connectivity index (χ2n) is 7.23. The van der Waals surface area contributed by atoms with Crippen molar-refractivity contribution < 1.29 is 34.4 Å². The van der Waals surface area contributed by atoms with Crippen molar-refractivity contribution in [2.45, 2.75) is 25.4 Å². The quantitative estimate of drug-likeness (QED) is 0.457. The second kappa shape index (κ2) is 12.8. The summed E-state index contributed by atoms with van der Waals surface area (Å²) in [6.07, 6.45) is 4.33. The number of nitrogens with zero attached hydrogens (tertiary/aromatic N) is 2. The van der Waals surface area contributed by atoms with E-state index in [1.807, 2.05) is 6.07 Å². The minimum atomic E-state index is -1.26. The van der Waals surface area contributed by atoms with Crippen LogP contribution in [0.1, 0.15) is 28.9 Å². The van der Waals surface area contributed by atoms with Crippen molar-refractivity contribution in [3.8, 4) is 11.5 Å². The first-order chi connectivity index (χ1) is 15.8. The molecule has 1 aromatic carbocycles. The first-order valence-electron chi connectivity index (χ1n) is 10.2. The number of likely N-dealkylation sites (tertiary alicyclic amines) is 1. The summed E-state index contributed by atoms with van der Waals surface area (Å²) in [7, 11) is 1.44. The molecule has 0 atom stereocenters. The number of carboxylic acid groups (broad SMARTS) is 2. The van der Waals surface area contributed by atoms with Gasteiger partial charge in [0.1, 0.15) is 0 Å². The van der Waals surface area contributed by atoms with E-state index < -0.39 is 11.9 Å². The van der Waals surface area contributed by atoms with Crippen LogP contribution in [0.2, 0.25) is 0 Å². The number of benzene rings is 1. The van der Waals surface area contributed by atoms with Gasteiger partial charge in [-0.2, -0.15) is 0 Å². The van der Waals surface area contributed by atoms with E-state index in [2.05, 4.69) is 39.5 Å². The molecular formula is C23H27N3O7. The van der Waals surface area contributed by atoms with E-state index >= 15 is 0 Å². The van der Waals surface area contributed by atoms with Crippen molar-refractivity contribution in [2.24, 2.45) is 0 Å². The number of aromatic hydroxyl groups is 1. The highest BCUT2D eigenvalue weighted by Gasteiger charge is 2.23. The van der Waals surface area contributed by atoms with Crippen LogP contribution in [0, 0.1) is 0 Å². The first-order valence-corrected chi connectivity index (χ1v) is 10.2. The van der Waals surface area contributed by atoms with Gasteiger partial charge in [-0.1, -0.05) is 30.3 Å². The Hall–Kier alpha value is -3.92. The lowest BCUT2D eigenvalue weighted by atomic mass is 10.0. The summed E-state index contributed by atoms with van der Waals surface area (Å²) < 4.78 is 5.02. The number of aliphatic carboxylic acids is 2. The molecule has 0 saturated carbocycles. The van der Waals surface area contributed by atoms with E-state index in [0.29, 0.717) is 12.2 Å². The number of amides is 1. The number of ether oxygens (including phenoxy) is 1. The zero-order valence-electron chi connectivity index (χ0n) is 18.2. The Morgan fingerprint density at radius 1 is 1.09 bits per heavy atom. The molecule has 0 unspecified atom stereocenters. The molecule has 1 aliphatic rings. The van der Waals surface area contributed by atoms with Crippen LogP contribution >= 0.6 is 0 Å². The fraction of sp³-hybridized carbons (Fsp3) is 0.304. The zero-order valence-corrected chi connectivity index (χ0v) is 18.2. The van der Waals surface area contributed by atoms with E-state index in [1.165, 1.54) is 24.9 Å². The molecule has 1 aliphatic heterocycles. The van der Waals surface area contributed by atoms with Gasteiger partial charge in [-0.3, -0.25) is 9.69 Å². The summed E-state index contributed by atoms with van der Waals surface area (Å²) in [4.78, 5) is 37.8. The molecule has 176 valence electrons. The molecule has 1 aromatic heterocycles. The molecule has 1 fully saturated rings. The number of methoxy groups -OCH3 is 1. The average Bonchev–Trinajstić information content (AvgIpc) is 2.80. The molecule has 1 amide bonds. The standard InChI is InChI=1S/C19H23N3O3.C4H4O4/c1-25-16-7-10-20-17(18(16)23)19(24)21-15-8-11-22(12-9-15)13-14-5-3-2-4-6-14;5-3(6)1-2-4(7)8/h2-7,10,15,23H,8-9,11-13H2,1H3,(H,21,24);1-2H,(H,5,6)(H,7,8)/b;2-1-. The Labute approximate surface area is 191 Å². The van der Waals surface area contributed by atoms with Crippen molar-refractivity contribution in [1.29, 1.82) is 0 Å². The molecule has 10 nitrogen and oxygen atoms in total. The number of carbonyl (C=O) groups excluding carboxylic acids is 1. The summed E-state index contributed by atoms with van der Waals surface area (Å²) in [5.41, 5.74) is 1.31. The van der Waals surface area contributed by atoms with Crippen LogP contribution in [0.3, 0.4) is 0 Å². The molecule has 2 aromatic rings. The van der Waals surface area contributed by atoms with Gasteiger partial charge in [0.15, 0.2) is 17.2 Å². The fourth-order valence-corrected chi connectivity index (χ4v) is 3.24. The summed E-state index contributed by atoms with van der Waals surface area (Å²) in [6, 6.07) is 12.0. The molecule has 33 heavy (non-hydrogen) atoms. The Morgan fingerprint density at radius 3 is 2.24 bits per heavy atom. The van der Waals surface area contributed by atoms with Gasteiger partial charge in [0.2, 0.25) is 0 Å². The number of rotatable bonds is 7. The maximum absolute atomic E-state index is 12.4. The predicted molar refractivity (Wildman–Crippen MR) is 119 cm³/mol. The van der Waals surface area contributed by atoms with Crippen LogP contribution < -0.4 is 10.1 Å². The molecule has 0 bridgehead atoms. The largest absolute Gasteiger partial charge is 0.503 e. The maximum Gasteiger partial charge on any atom is 0.328 e. The molecule has 0 spiro atoms. The van der Waals surface area contributed by atoms with E-state index in [4.69, 9.17) is 14.9 Å². The Bertz CT molecular complexity index is 955. The molecule has 2 heterocycles. The first kappa shape index (κ1) is 25.3. The predicted octanol–water partition coefficient (Wildman–Crippen LogP) is 1.90. The monoisotopic (exact) mass is 457 g/mol. The third-order valence-electron chi connectivity index (χ3n) is 4.86. The van der Waals surface area contributed by atoms with Gasteiger partial charge in [0.25, 0.3) is 5.91 Å². The topological polar surface area (TPSA) is 149 Å². The van der Waals surface area contributed by atoms with Crippen LogP contribution in [-0.4, -0.2) is 69.3 Å². The number of nitrogens with one attached hydrogen (secondary N) is 1. The fourth-order valence-electron chi connectivity index (χ4n) is 3.24. The number of carbonyl (C=O) groups is 3. The van der Waals surface area contributed by atoms with Gasteiger partial charge in [0, 0.05) is 50.1 Å². The van der Waals surface area contributed by atoms with Gasteiger partial charge < -0.3 is 25.4 Å². The normalized spacial score (nSPS) is 14.2. The summed E-state index contributed by atoms with van der Waals surface area (Å²) in [5, 5.41) is 28.6. The highest BCUT2D eigenvalue weighted by atomic mass is 16.5. The SMILES string of the molecule is COc1ccnc(C(=O)NC2CCN(Cc3ccccc3)CC2)c1O.O=C(O)/C=C\C(=O)O. The molecular weight excluding hydrogens is 430 g/mol. The summed E-state index contributed by atoms with van der Waals surface area (Å²) in [5.74, 6) is -2.85. The molecule has 0 radical (unpaired) electrons. The lowest BCUT2D eigenvalue weighted by molar-refractivity contribution is -0.134. The zero-order chi connectivity index (χ0) is 24.2. The third kappa shape index (κ3) is 8.62. The minimum Gasteiger partial charge on any atom is -0.503 e. The minimum absolute atomic E-state index is 0.00562. The lowest BCUT2D eigenvalue weighted by Gasteiger charge is -2.32. The smallest absolute Gasteiger partial charge is 0.328 e. The Morgan fingerprint density at radius 2 is 1.70 bits per heavy atom. The van der Waals surface area contributed by atoms with Crippen molar-refractivity contribution in [1.82, 2.24) is 15.2 Å². The number of aromatic nitrogens is 1. The van der Waals surface area contributed by atoms with Crippen LogP contribution in [0.4, 0.5) is 0 Å². The van der Waals surface area contributed by atoms with Gasteiger partial charge in [-0.25, -0.2) is 14.6 Å². The van der Waals surface area contributed by atoms with Crippen LogP contribution in [-0.2, 0) is 16.1 Å². The summed E-state index contributed by atoms with van der Waals surface area (Å²) in [6.45, 7) is 2.79. The Kier molecular flexibility index (Phi) is 9.84. The van der Waals surface area contributed by atoms with Gasteiger partial charge in [-0.15, -0.1) is 0 Å². The summed E-state index contributed by atoms with van der Waals surface area (Å²) >= 11 is 0. The van der Waals surface area contributed by atoms with Crippen LogP contribution in [0.15, 0.2) is 54.7 Å². The highest BCUT2D eigenvalue weighted by Crippen LogP contribution is 2.27. The maximum atomic E-state index is 12.4. The molecule has 10 heteroatoms. The van der Waals surface area contributed by atoms with Crippen molar-refractivity contribution in [2.75, 3.05) is 20.2 Å². The molecule has 3 rings (SSSR count). The highest BCUT2D eigenvalue weighted by molar-refractivity contribution is 5.95. The Balaban J connectivity index is 0.000000414. The van der Waals surface area contributed by atoms with Crippen molar-refractivity contribution in [3.05, 3.63) is 66.0 Å². The number of pyridine rings is 1. The number of hydrogen-bond acceptors (Lipinski definition) is 7. The van der Waals surface area contributed by atoms with Gasteiger partial charge in [-0.05, 0) is 18.4 Å². The van der Waals surface area contributed by atoms with Crippen molar-refractivity contribution in [3.63, 3.8) is 0 Å². The number of piperidine rings is 1. The molecule has 1 saturated heterocycles. The van der Waals surface area contributed by atoms with Crippen LogP contribution in [0.5, 0.6) is 11.5 Å². The number of hydrogen-bond donors (Lipinski definition) is 4. The molecule has 4 N–H and O–H groups in total. The lowest BCUT2D eigenvalue weighted by Crippen LogP contribution is -2.44. The van der Waals surface area contributed by atoms with Crippen LogP contribution in [0.25, 0.3) is 0 Å². The second-order valence-corrected chi connectivity index (χ2v) is 7.23. The molecule has 0 aliphatic carbocycles.